The molecule has 0 saturated heterocycles. The van der Waals surface area contributed by atoms with Gasteiger partial charge in [-0.05, 0) is 42.7 Å². The summed E-state index contributed by atoms with van der Waals surface area (Å²) >= 11 is 0.898. The Balaban J connectivity index is 1.89. The van der Waals surface area contributed by atoms with Crippen LogP contribution >= 0.6 is 11.3 Å². The van der Waals surface area contributed by atoms with Gasteiger partial charge in [0.25, 0.3) is 11.8 Å². The molecule has 0 spiro atoms. The number of hydrogen-bond donors (Lipinski definition) is 4. The fourth-order valence-corrected chi connectivity index (χ4v) is 5.74. The highest BCUT2D eigenvalue weighted by Crippen LogP contribution is 2.22. The molecule has 4 unspecified atom stereocenters. The zero-order chi connectivity index (χ0) is 31.0. The quantitative estimate of drug-likeness (QED) is 0.216. The van der Waals surface area contributed by atoms with Gasteiger partial charge >= 0.3 is 0 Å². The highest BCUT2D eigenvalue weighted by atomic mass is 32.2. The van der Waals surface area contributed by atoms with E-state index in [1.807, 2.05) is 6.92 Å². The number of thiazole rings is 1. The van der Waals surface area contributed by atoms with Gasteiger partial charge in [-0.25, -0.2) is 26.5 Å². The molecule has 0 aliphatic heterocycles. The summed E-state index contributed by atoms with van der Waals surface area (Å²) in [7, 11) is -2.37. The summed E-state index contributed by atoms with van der Waals surface area (Å²) in [6.45, 7) is 1.92. The van der Waals surface area contributed by atoms with Crippen molar-refractivity contribution in [2.45, 2.75) is 56.9 Å². The van der Waals surface area contributed by atoms with Gasteiger partial charge in [-0.2, -0.15) is 0 Å². The molecule has 0 aliphatic rings. The van der Waals surface area contributed by atoms with E-state index in [1.54, 1.807) is 30.3 Å². The number of hydrogen-bond acceptors (Lipinski definition) is 8. The van der Waals surface area contributed by atoms with Crippen LogP contribution in [-0.2, 0) is 16.4 Å². The van der Waals surface area contributed by atoms with E-state index in [0.717, 1.165) is 40.5 Å². The number of unbranched alkanes of at least 4 members (excludes halogenated alkanes) is 1. The predicted octanol–water partition coefficient (Wildman–Crippen LogP) is 2.87. The first-order valence-corrected chi connectivity index (χ1v) is 15.9. The maximum atomic E-state index is 14.0. The van der Waals surface area contributed by atoms with E-state index < -0.39 is 57.8 Å². The van der Waals surface area contributed by atoms with Crippen molar-refractivity contribution < 1.29 is 37.0 Å². The van der Waals surface area contributed by atoms with Crippen LogP contribution in [0.4, 0.5) is 13.9 Å². The number of benzene rings is 2. The third-order valence-electron chi connectivity index (χ3n) is 6.58. The number of carbonyl (C=O) groups excluding carboxylic acids is 2. The van der Waals surface area contributed by atoms with E-state index >= 15 is 0 Å². The molecule has 4 atom stereocenters. The maximum absolute atomic E-state index is 14.0. The van der Waals surface area contributed by atoms with Crippen LogP contribution < -0.4 is 14.9 Å². The van der Waals surface area contributed by atoms with Crippen LogP contribution in [-0.4, -0.2) is 73.0 Å². The molecular formula is C28H34F2N4O6S2. The molecule has 0 saturated carbocycles. The molecule has 2 aromatic carbocycles. The number of aromatic nitrogens is 1. The molecule has 0 radical (unpaired) electrons. The summed E-state index contributed by atoms with van der Waals surface area (Å²) in [5.74, 6) is -3.02. The molecule has 0 aliphatic carbocycles. The Morgan fingerprint density at radius 3 is 2.19 bits per heavy atom. The van der Waals surface area contributed by atoms with Crippen molar-refractivity contribution in [2.75, 3.05) is 17.6 Å². The molecule has 1 aromatic heterocycles. The molecule has 14 heteroatoms. The third-order valence-corrected chi connectivity index (χ3v) is 8.78. The molecule has 228 valence electrons. The topological polar surface area (TPSA) is 149 Å². The lowest BCUT2D eigenvalue weighted by molar-refractivity contribution is -0.0238. The minimum absolute atomic E-state index is 0.0234. The van der Waals surface area contributed by atoms with Gasteiger partial charge in [0.15, 0.2) is 5.13 Å². The average molecular weight is 625 g/mol. The molecule has 10 nitrogen and oxygen atoms in total. The lowest BCUT2D eigenvalue weighted by atomic mass is 9.91. The second-order valence-corrected chi connectivity index (χ2v) is 12.7. The SMILES string of the molecule is CCCCC(NC(=O)c1ccccc1)C(O)C(O)C(Cc1cc(F)cc(F)c1)NC(=O)c1csc(N(C)S(C)(=O)=O)n1. The Bertz CT molecular complexity index is 1450. The van der Waals surface area contributed by atoms with E-state index in [0.29, 0.717) is 24.5 Å². The van der Waals surface area contributed by atoms with E-state index in [4.69, 9.17) is 0 Å². The number of sulfonamides is 1. The van der Waals surface area contributed by atoms with E-state index in [1.165, 1.54) is 12.4 Å². The van der Waals surface area contributed by atoms with Crippen molar-refractivity contribution in [1.82, 2.24) is 15.6 Å². The van der Waals surface area contributed by atoms with Crippen molar-refractivity contribution in [1.29, 1.82) is 0 Å². The Morgan fingerprint density at radius 1 is 1.00 bits per heavy atom. The van der Waals surface area contributed by atoms with E-state index in [9.17, 15) is 37.0 Å². The number of aliphatic hydroxyl groups is 2. The highest BCUT2D eigenvalue weighted by molar-refractivity contribution is 7.92. The van der Waals surface area contributed by atoms with Crippen molar-refractivity contribution in [3.05, 3.63) is 82.4 Å². The zero-order valence-electron chi connectivity index (χ0n) is 23.3. The molecule has 4 N–H and O–H groups in total. The summed E-state index contributed by atoms with van der Waals surface area (Å²) in [6, 6.07) is 8.85. The Labute approximate surface area is 247 Å². The average Bonchev–Trinajstić information content (AvgIpc) is 3.43. The van der Waals surface area contributed by atoms with Crippen LogP contribution in [0.3, 0.4) is 0 Å². The summed E-state index contributed by atoms with van der Waals surface area (Å²) in [5, 5.41) is 29.2. The largest absolute Gasteiger partial charge is 0.388 e. The number of anilines is 1. The number of halogens is 2. The van der Waals surface area contributed by atoms with E-state index in [2.05, 4.69) is 15.6 Å². The van der Waals surface area contributed by atoms with Gasteiger partial charge in [-0.3, -0.25) is 9.59 Å². The van der Waals surface area contributed by atoms with Crippen LogP contribution in [0.15, 0.2) is 53.9 Å². The van der Waals surface area contributed by atoms with Gasteiger partial charge in [0.1, 0.15) is 29.5 Å². The minimum atomic E-state index is -3.64. The van der Waals surface area contributed by atoms with Gasteiger partial charge in [0.2, 0.25) is 10.0 Å². The zero-order valence-corrected chi connectivity index (χ0v) is 25.0. The first-order chi connectivity index (χ1) is 19.8. The Kier molecular flexibility index (Phi) is 11.5. The van der Waals surface area contributed by atoms with Gasteiger partial charge < -0.3 is 20.8 Å². The second kappa shape index (κ2) is 14.6. The Morgan fingerprint density at radius 2 is 1.60 bits per heavy atom. The van der Waals surface area contributed by atoms with Gasteiger partial charge in [0, 0.05) is 24.1 Å². The molecule has 3 rings (SSSR count). The van der Waals surface area contributed by atoms with Crippen molar-refractivity contribution in [3.63, 3.8) is 0 Å². The monoisotopic (exact) mass is 624 g/mol. The molecule has 42 heavy (non-hydrogen) atoms. The lowest BCUT2D eigenvalue weighted by Crippen LogP contribution is -2.56. The van der Waals surface area contributed by atoms with E-state index in [-0.39, 0.29) is 22.8 Å². The van der Waals surface area contributed by atoms with Gasteiger partial charge in [-0.15, -0.1) is 11.3 Å². The first kappa shape index (κ1) is 33.0. The van der Waals surface area contributed by atoms with Crippen molar-refractivity contribution >= 4 is 38.3 Å². The summed E-state index contributed by atoms with van der Waals surface area (Å²) in [5.41, 5.74) is 0.278. The van der Waals surface area contributed by atoms with Crippen molar-refractivity contribution in [3.8, 4) is 0 Å². The van der Waals surface area contributed by atoms with Gasteiger partial charge in [-0.1, -0.05) is 38.0 Å². The van der Waals surface area contributed by atoms with Crippen molar-refractivity contribution in [2.24, 2.45) is 0 Å². The number of nitrogens with one attached hydrogen (secondary N) is 2. The first-order valence-electron chi connectivity index (χ1n) is 13.2. The van der Waals surface area contributed by atoms with Crippen LogP contribution in [0.25, 0.3) is 0 Å². The minimum Gasteiger partial charge on any atom is -0.388 e. The lowest BCUT2D eigenvalue weighted by Gasteiger charge is -2.33. The normalized spacial score (nSPS) is 14.5. The smallest absolute Gasteiger partial charge is 0.271 e. The number of amides is 2. The van der Waals surface area contributed by atoms with Crippen LogP contribution in [0.1, 0.15) is 52.6 Å². The predicted molar refractivity (Wildman–Crippen MR) is 156 cm³/mol. The summed E-state index contributed by atoms with van der Waals surface area (Å²) in [6.07, 6.45) is -0.958. The standard InChI is InChI=1S/C28H34F2N4O6S2/c1-4-5-11-21(31-26(37)18-9-7-6-8-10-18)24(35)25(36)22(14-17-12-19(29)15-20(30)13-17)32-27(38)23-16-41-28(33-23)34(2)42(3,39)40/h6-10,12-13,15-16,21-22,24-25,35-36H,4-5,11,14H2,1-3H3,(H,31,37)(H,32,38). The molecule has 3 aromatic rings. The molecular weight excluding hydrogens is 590 g/mol. The number of carbonyl (C=O) groups is 2. The summed E-state index contributed by atoms with van der Waals surface area (Å²) in [4.78, 5) is 30.1. The van der Waals surface area contributed by atoms with Crippen LogP contribution in [0.5, 0.6) is 0 Å². The fraction of sp³-hybridized carbons (Fsp3) is 0.393. The van der Waals surface area contributed by atoms with Gasteiger partial charge in [0.05, 0.1) is 18.3 Å². The number of aliphatic hydroxyl groups excluding tert-OH is 2. The second-order valence-electron chi connectivity index (χ2n) is 9.88. The van der Waals surface area contributed by atoms with Crippen LogP contribution in [0, 0.1) is 11.6 Å². The molecule has 0 fully saturated rings. The van der Waals surface area contributed by atoms with Crippen LogP contribution in [0.2, 0.25) is 0 Å². The molecule has 0 bridgehead atoms. The Hall–Kier alpha value is -3.46. The number of rotatable bonds is 14. The fourth-order valence-electron chi connectivity index (χ4n) is 4.21. The molecule has 1 heterocycles. The highest BCUT2D eigenvalue weighted by Gasteiger charge is 2.35. The summed E-state index contributed by atoms with van der Waals surface area (Å²) < 4.78 is 52.5. The maximum Gasteiger partial charge on any atom is 0.271 e. The number of nitrogens with zero attached hydrogens (tertiary/aromatic N) is 2. The molecule has 2 amide bonds. The third kappa shape index (κ3) is 9.02.